The van der Waals surface area contributed by atoms with Crippen LogP contribution >= 0.6 is 15.9 Å². The molecule has 0 bridgehead atoms. The SMILES string of the molecule is COc1ccc(NC(=O)c2ccc(F)cc2)cc1S(=O)(=O)Nc1ccc(Br)cc1. The Morgan fingerprint density at radius 2 is 1.59 bits per heavy atom. The van der Waals surface area contributed by atoms with E-state index in [1.165, 1.54) is 49.6 Å². The van der Waals surface area contributed by atoms with Gasteiger partial charge in [-0.2, -0.15) is 0 Å². The number of nitrogens with one attached hydrogen (secondary N) is 2. The number of sulfonamides is 1. The Hall–Kier alpha value is -2.91. The molecular formula is C20H16BrFN2O4S. The number of amides is 1. The normalized spacial score (nSPS) is 11.0. The summed E-state index contributed by atoms with van der Waals surface area (Å²) < 4.78 is 47.2. The van der Waals surface area contributed by atoms with Gasteiger partial charge in [-0.1, -0.05) is 15.9 Å². The van der Waals surface area contributed by atoms with Crippen molar-refractivity contribution in [3.8, 4) is 5.75 Å². The average molecular weight is 479 g/mol. The molecule has 0 unspecified atom stereocenters. The van der Waals surface area contributed by atoms with Gasteiger partial charge in [-0.25, -0.2) is 12.8 Å². The first kappa shape index (κ1) is 20.8. The molecule has 0 aromatic heterocycles. The van der Waals surface area contributed by atoms with Crippen LogP contribution in [-0.4, -0.2) is 21.4 Å². The van der Waals surface area contributed by atoms with Crippen LogP contribution in [0.25, 0.3) is 0 Å². The van der Waals surface area contributed by atoms with Crippen LogP contribution in [0.4, 0.5) is 15.8 Å². The molecule has 3 aromatic carbocycles. The fourth-order valence-corrected chi connectivity index (χ4v) is 4.02. The molecule has 0 fully saturated rings. The molecule has 6 nitrogen and oxygen atoms in total. The second-order valence-corrected chi connectivity index (χ2v) is 8.51. The first-order chi connectivity index (χ1) is 13.8. The van der Waals surface area contributed by atoms with Crippen LogP contribution in [0.15, 0.2) is 76.1 Å². The van der Waals surface area contributed by atoms with E-state index in [9.17, 15) is 17.6 Å². The Balaban J connectivity index is 1.88. The number of anilines is 2. The Kier molecular flexibility index (Phi) is 6.19. The molecule has 0 aliphatic carbocycles. The van der Waals surface area contributed by atoms with Crippen LogP contribution in [0.1, 0.15) is 10.4 Å². The minimum atomic E-state index is -3.99. The van der Waals surface area contributed by atoms with Crippen molar-refractivity contribution < 1.29 is 22.3 Å². The quantitative estimate of drug-likeness (QED) is 0.539. The molecule has 3 rings (SSSR count). The third-order valence-electron chi connectivity index (χ3n) is 3.91. The Morgan fingerprint density at radius 1 is 0.966 bits per heavy atom. The van der Waals surface area contributed by atoms with Crippen molar-refractivity contribution in [2.24, 2.45) is 0 Å². The topological polar surface area (TPSA) is 84.5 Å². The van der Waals surface area contributed by atoms with Gasteiger partial charge < -0.3 is 10.1 Å². The maximum Gasteiger partial charge on any atom is 0.265 e. The van der Waals surface area contributed by atoms with Gasteiger partial charge in [0.2, 0.25) is 0 Å². The molecule has 3 aromatic rings. The first-order valence-corrected chi connectivity index (χ1v) is 10.6. The minimum Gasteiger partial charge on any atom is -0.495 e. The summed E-state index contributed by atoms with van der Waals surface area (Å²) in [6.07, 6.45) is 0. The fraction of sp³-hybridized carbons (Fsp3) is 0.0500. The number of hydrogen-bond donors (Lipinski definition) is 2. The zero-order chi connectivity index (χ0) is 21.0. The second-order valence-electron chi connectivity index (χ2n) is 5.94. The van der Waals surface area contributed by atoms with Gasteiger partial charge in [0.25, 0.3) is 15.9 Å². The van der Waals surface area contributed by atoms with E-state index in [4.69, 9.17) is 4.74 Å². The van der Waals surface area contributed by atoms with Crippen molar-refractivity contribution in [2.75, 3.05) is 17.1 Å². The van der Waals surface area contributed by atoms with Gasteiger partial charge in [0.15, 0.2) is 0 Å². The molecule has 0 atom stereocenters. The summed E-state index contributed by atoms with van der Waals surface area (Å²) in [5.41, 5.74) is 0.854. The van der Waals surface area contributed by atoms with Crippen molar-refractivity contribution in [3.05, 3.63) is 82.6 Å². The molecule has 29 heavy (non-hydrogen) atoms. The summed E-state index contributed by atoms with van der Waals surface area (Å²) in [5, 5.41) is 2.60. The van der Waals surface area contributed by atoms with E-state index in [2.05, 4.69) is 26.0 Å². The highest BCUT2D eigenvalue weighted by Gasteiger charge is 2.21. The van der Waals surface area contributed by atoms with Crippen molar-refractivity contribution in [1.82, 2.24) is 0 Å². The van der Waals surface area contributed by atoms with Crippen LogP contribution < -0.4 is 14.8 Å². The van der Waals surface area contributed by atoms with Crippen molar-refractivity contribution in [2.45, 2.75) is 4.90 Å². The van der Waals surface area contributed by atoms with Crippen molar-refractivity contribution in [1.29, 1.82) is 0 Å². The van der Waals surface area contributed by atoms with Gasteiger partial charge in [-0.15, -0.1) is 0 Å². The lowest BCUT2D eigenvalue weighted by Crippen LogP contribution is -2.16. The average Bonchev–Trinajstić information content (AvgIpc) is 2.70. The number of carbonyl (C=O) groups is 1. The lowest BCUT2D eigenvalue weighted by Gasteiger charge is -2.14. The van der Waals surface area contributed by atoms with Crippen LogP contribution in [0.3, 0.4) is 0 Å². The smallest absolute Gasteiger partial charge is 0.265 e. The molecule has 0 spiro atoms. The third-order valence-corrected chi connectivity index (χ3v) is 5.85. The van der Waals surface area contributed by atoms with E-state index in [-0.39, 0.29) is 21.9 Å². The molecular weight excluding hydrogens is 463 g/mol. The van der Waals surface area contributed by atoms with Gasteiger partial charge in [-0.3, -0.25) is 9.52 Å². The second kappa shape index (κ2) is 8.62. The predicted octanol–water partition coefficient (Wildman–Crippen LogP) is 4.65. The van der Waals surface area contributed by atoms with Crippen LogP contribution in [0.2, 0.25) is 0 Å². The van der Waals surface area contributed by atoms with E-state index >= 15 is 0 Å². The molecule has 2 N–H and O–H groups in total. The summed E-state index contributed by atoms with van der Waals surface area (Å²) in [4.78, 5) is 12.2. The van der Waals surface area contributed by atoms with Gasteiger partial charge in [0.05, 0.1) is 7.11 Å². The maximum atomic E-state index is 13.0. The van der Waals surface area contributed by atoms with E-state index in [0.29, 0.717) is 5.69 Å². The summed E-state index contributed by atoms with van der Waals surface area (Å²) in [5.74, 6) is -0.841. The summed E-state index contributed by atoms with van der Waals surface area (Å²) in [6.45, 7) is 0. The van der Waals surface area contributed by atoms with Gasteiger partial charge in [0, 0.05) is 21.4 Å². The summed E-state index contributed by atoms with van der Waals surface area (Å²) in [7, 11) is -2.64. The van der Waals surface area contributed by atoms with Crippen LogP contribution in [-0.2, 0) is 10.0 Å². The highest BCUT2D eigenvalue weighted by molar-refractivity contribution is 9.10. The standard InChI is InChI=1S/C20H16BrFN2O4S/c1-28-18-11-10-17(23-20(25)13-2-6-15(22)7-3-13)12-19(18)29(26,27)24-16-8-4-14(21)5-9-16/h2-12,24H,1H3,(H,23,25). The zero-order valence-corrected chi connectivity index (χ0v) is 17.6. The Bertz CT molecular complexity index is 1130. The molecule has 0 saturated carbocycles. The molecule has 9 heteroatoms. The molecule has 150 valence electrons. The third kappa shape index (κ3) is 5.12. The van der Waals surface area contributed by atoms with Crippen molar-refractivity contribution in [3.63, 3.8) is 0 Å². The number of hydrogen-bond acceptors (Lipinski definition) is 4. The van der Waals surface area contributed by atoms with E-state index in [1.54, 1.807) is 24.3 Å². The number of benzene rings is 3. The maximum absolute atomic E-state index is 13.0. The number of halogens is 2. The number of rotatable bonds is 6. The summed E-state index contributed by atoms with van der Waals surface area (Å²) >= 11 is 3.29. The zero-order valence-electron chi connectivity index (χ0n) is 15.1. The number of ether oxygens (including phenoxy) is 1. The molecule has 0 saturated heterocycles. The van der Waals surface area contributed by atoms with Crippen LogP contribution in [0, 0.1) is 5.82 Å². The predicted molar refractivity (Wildman–Crippen MR) is 112 cm³/mol. The molecule has 0 aliphatic rings. The largest absolute Gasteiger partial charge is 0.495 e. The van der Waals surface area contributed by atoms with E-state index in [1.807, 2.05) is 0 Å². The minimum absolute atomic E-state index is 0.120. The highest BCUT2D eigenvalue weighted by Crippen LogP contribution is 2.29. The van der Waals surface area contributed by atoms with Gasteiger partial charge in [0.1, 0.15) is 16.5 Å². The van der Waals surface area contributed by atoms with E-state index in [0.717, 1.165) is 4.47 Å². The number of carbonyl (C=O) groups excluding carboxylic acids is 1. The monoisotopic (exact) mass is 478 g/mol. The Labute approximate surface area is 175 Å². The fourth-order valence-electron chi connectivity index (χ4n) is 2.50. The van der Waals surface area contributed by atoms with Gasteiger partial charge >= 0.3 is 0 Å². The van der Waals surface area contributed by atoms with Gasteiger partial charge in [-0.05, 0) is 66.7 Å². The van der Waals surface area contributed by atoms with E-state index < -0.39 is 21.7 Å². The first-order valence-electron chi connectivity index (χ1n) is 8.32. The molecule has 1 amide bonds. The lowest BCUT2D eigenvalue weighted by molar-refractivity contribution is 0.102. The number of methoxy groups -OCH3 is 1. The molecule has 0 aliphatic heterocycles. The van der Waals surface area contributed by atoms with Crippen molar-refractivity contribution >= 4 is 43.2 Å². The Morgan fingerprint density at radius 3 is 2.21 bits per heavy atom. The molecule has 0 radical (unpaired) electrons. The summed E-state index contributed by atoms with van der Waals surface area (Å²) in [6, 6.07) is 15.9. The highest BCUT2D eigenvalue weighted by atomic mass is 79.9. The lowest BCUT2D eigenvalue weighted by atomic mass is 10.2. The van der Waals surface area contributed by atoms with Crippen LogP contribution in [0.5, 0.6) is 5.75 Å². The molecule has 0 heterocycles.